The van der Waals surface area contributed by atoms with Gasteiger partial charge in [-0.2, -0.15) is 0 Å². The van der Waals surface area contributed by atoms with Crippen molar-refractivity contribution in [3.8, 4) is 33.8 Å². The minimum absolute atomic E-state index is 0.175. The summed E-state index contributed by atoms with van der Waals surface area (Å²) in [5, 5.41) is 0. The van der Waals surface area contributed by atoms with Crippen molar-refractivity contribution >= 4 is 15.9 Å². The summed E-state index contributed by atoms with van der Waals surface area (Å²) in [5.74, 6) is 1.76. The molecule has 0 fully saturated rings. The van der Waals surface area contributed by atoms with Gasteiger partial charge < -0.3 is 9.47 Å². The van der Waals surface area contributed by atoms with E-state index in [2.05, 4.69) is 134 Å². The third kappa shape index (κ3) is 7.83. The zero-order valence-electron chi connectivity index (χ0n) is 27.0. The summed E-state index contributed by atoms with van der Waals surface area (Å²) in [5.41, 5.74) is 13.6. The number of benzene rings is 4. The molecular weight excluding hydrogens is 568 g/mol. The van der Waals surface area contributed by atoms with E-state index in [9.17, 15) is 0 Å². The lowest BCUT2D eigenvalue weighted by molar-refractivity contribution is 0.412. The number of rotatable bonds is 4. The molecule has 4 aromatic rings. The second kappa shape index (κ2) is 12.9. The first-order valence-corrected chi connectivity index (χ1v) is 15.1. The van der Waals surface area contributed by atoms with Crippen LogP contribution in [0.25, 0.3) is 22.3 Å². The first-order chi connectivity index (χ1) is 19.1. The molecule has 0 aliphatic carbocycles. The molecule has 41 heavy (non-hydrogen) atoms. The van der Waals surface area contributed by atoms with E-state index in [0.717, 1.165) is 16.0 Å². The molecule has 0 heterocycles. The molecule has 3 heteroatoms. The second-order valence-electron chi connectivity index (χ2n) is 13.0. The van der Waals surface area contributed by atoms with Crippen LogP contribution in [0.4, 0.5) is 0 Å². The Morgan fingerprint density at radius 3 is 1.24 bits per heavy atom. The molecule has 0 unspecified atom stereocenters. The van der Waals surface area contributed by atoms with Gasteiger partial charge in [-0.3, -0.25) is 0 Å². The lowest BCUT2D eigenvalue weighted by Gasteiger charge is -2.22. The van der Waals surface area contributed by atoms with Crippen LogP contribution < -0.4 is 9.47 Å². The van der Waals surface area contributed by atoms with Crippen LogP contribution in [-0.4, -0.2) is 14.2 Å². The van der Waals surface area contributed by atoms with E-state index in [0.29, 0.717) is 0 Å². The number of halogens is 1. The van der Waals surface area contributed by atoms with Gasteiger partial charge in [0.1, 0.15) is 11.5 Å². The van der Waals surface area contributed by atoms with Crippen LogP contribution in [-0.2, 0) is 10.8 Å². The Hall–Kier alpha value is -3.04. The fraction of sp³-hybridized carbons (Fsp3) is 0.368. The van der Waals surface area contributed by atoms with E-state index in [-0.39, 0.29) is 10.8 Å². The van der Waals surface area contributed by atoms with Crippen LogP contribution >= 0.6 is 15.9 Å². The van der Waals surface area contributed by atoms with Crippen molar-refractivity contribution in [1.29, 1.82) is 0 Å². The average molecular weight is 616 g/mol. The maximum Gasteiger partial charge on any atom is 0.133 e. The molecule has 4 rings (SSSR count). The molecule has 0 atom stereocenters. The molecule has 2 nitrogen and oxygen atoms in total. The third-order valence-electron chi connectivity index (χ3n) is 7.62. The molecule has 0 saturated heterocycles. The van der Waals surface area contributed by atoms with Gasteiger partial charge in [0.05, 0.1) is 18.7 Å². The first kappa shape index (κ1) is 32.5. The summed E-state index contributed by atoms with van der Waals surface area (Å²) in [6.07, 6.45) is 0. The summed E-state index contributed by atoms with van der Waals surface area (Å²) in [6.45, 7) is 22.3. The monoisotopic (exact) mass is 614 g/mol. The first-order valence-electron chi connectivity index (χ1n) is 14.3. The molecule has 0 bridgehead atoms. The van der Waals surface area contributed by atoms with Gasteiger partial charge in [0.2, 0.25) is 0 Å². The van der Waals surface area contributed by atoms with E-state index in [1.165, 1.54) is 55.6 Å². The molecule has 0 aliphatic rings. The van der Waals surface area contributed by atoms with E-state index < -0.39 is 0 Å². The third-order valence-corrected chi connectivity index (χ3v) is 8.24. The number of aryl methyl sites for hydroxylation is 4. The van der Waals surface area contributed by atoms with E-state index in [4.69, 9.17) is 9.47 Å². The van der Waals surface area contributed by atoms with Gasteiger partial charge in [-0.05, 0) is 134 Å². The summed E-state index contributed by atoms with van der Waals surface area (Å²) < 4.78 is 11.5. The quantitative estimate of drug-likeness (QED) is 0.227. The molecule has 0 N–H and O–H groups in total. The Labute approximate surface area is 257 Å². The Kier molecular flexibility index (Phi) is 10.2. The largest absolute Gasteiger partial charge is 0.497 e. The van der Waals surface area contributed by atoms with Gasteiger partial charge in [-0.15, -0.1) is 0 Å². The topological polar surface area (TPSA) is 18.5 Å². The smallest absolute Gasteiger partial charge is 0.133 e. The number of hydrogen-bond donors (Lipinski definition) is 0. The molecule has 0 radical (unpaired) electrons. The molecule has 0 aromatic heterocycles. The highest BCUT2D eigenvalue weighted by atomic mass is 79.9. The van der Waals surface area contributed by atoms with Gasteiger partial charge in [-0.1, -0.05) is 84.0 Å². The summed E-state index contributed by atoms with van der Waals surface area (Å²) >= 11 is 3.57. The zero-order valence-corrected chi connectivity index (χ0v) is 28.6. The van der Waals surface area contributed by atoms with Crippen LogP contribution in [0.5, 0.6) is 11.5 Å². The Morgan fingerprint density at radius 1 is 0.512 bits per heavy atom. The van der Waals surface area contributed by atoms with Crippen molar-refractivity contribution < 1.29 is 9.47 Å². The van der Waals surface area contributed by atoms with Crippen molar-refractivity contribution in [3.63, 3.8) is 0 Å². The predicted molar refractivity (Wildman–Crippen MR) is 181 cm³/mol. The predicted octanol–water partition coefficient (Wildman–Crippen LogP) is 11.3. The van der Waals surface area contributed by atoms with Gasteiger partial charge in [0, 0.05) is 0 Å². The van der Waals surface area contributed by atoms with E-state index >= 15 is 0 Å². The van der Waals surface area contributed by atoms with Crippen LogP contribution in [0.1, 0.15) is 74.9 Å². The molecule has 0 saturated carbocycles. The van der Waals surface area contributed by atoms with Crippen molar-refractivity contribution in [2.75, 3.05) is 14.2 Å². The lowest BCUT2D eigenvalue weighted by atomic mass is 9.83. The number of hydrogen-bond acceptors (Lipinski definition) is 2. The molecule has 0 aliphatic heterocycles. The van der Waals surface area contributed by atoms with Gasteiger partial charge in [-0.25, -0.2) is 0 Å². The summed E-state index contributed by atoms with van der Waals surface area (Å²) in [6, 6.07) is 23.8. The Bertz CT molecular complexity index is 1450. The van der Waals surface area contributed by atoms with Gasteiger partial charge >= 0.3 is 0 Å². The minimum atomic E-state index is 0.175. The maximum absolute atomic E-state index is 5.31. The zero-order chi connectivity index (χ0) is 30.7. The maximum atomic E-state index is 5.31. The molecule has 4 aromatic carbocycles. The molecule has 0 spiro atoms. The lowest BCUT2D eigenvalue weighted by Crippen LogP contribution is -2.12. The fourth-order valence-corrected chi connectivity index (χ4v) is 5.82. The van der Waals surface area contributed by atoms with Crippen LogP contribution in [0.15, 0.2) is 71.2 Å². The fourth-order valence-electron chi connectivity index (χ4n) is 5.28. The minimum Gasteiger partial charge on any atom is -0.497 e. The van der Waals surface area contributed by atoms with E-state index in [1.807, 2.05) is 18.2 Å². The van der Waals surface area contributed by atoms with Crippen LogP contribution in [0.2, 0.25) is 0 Å². The Balaban J connectivity index is 0.000000226. The standard InChI is InChI=1S/C19H23BrO.C19H24O/c1-12-9-15(19(3,4)5)10-13(2)18(12)14-7-8-17(21-6)16(20)11-14;1-13-11-16(19(3,4)5)12-14(2)18(13)15-7-9-17(20-6)10-8-15/h7-11H,1-6H3;7-12H,1-6H3. The molecular formula is C38H47BrO2. The van der Waals surface area contributed by atoms with Gasteiger partial charge in [0.15, 0.2) is 0 Å². The SMILES string of the molecule is COc1ccc(-c2c(C)cc(C(C)(C)C)cc2C)cc1.COc1ccc(-c2c(C)cc(C(C)(C)C)cc2C)cc1Br. The highest BCUT2D eigenvalue weighted by molar-refractivity contribution is 9.10. The molecule has 0 amide bonds. The highest BCUT2D eigenvalue weighted by Crippen LogP contribution is 2.36. The number of ether oxygens (including phenoxy) is 2. The normalized spacial score (nSPS) is 11.5. The van der Waals surface area contributed by atoms with Crippen molar-refractivity contribution in [3.05, 3.63) is 105 Å². The Morgan fingerprint density at radius 2 is 0.902 bits per heavy atom. The van der Waals surface area contributed by atoms with Crippen LogP contribution in [0.3, 0.4) is 0 Å². The highest BCUT2D eigenvalue weighted by Gasteiger charge is 2.18. The summed E-state index contributed by atoms with van der Waals surface area (Å²) in [7, 11) is 3.39. The molecule has 218 valence electrons. The number of methoxy groups -OCH3 is 2. The van der Waals surface area contributed by atoms with Gasteiger partial charge in [0.25, 0.3) is 0 Å². The van der Waals surface area contributed by atoms with Crippen LogP contribution in [0, 0.1) is 27.7 Å². The van der Waals surface area contributed by atoms with Crippen molar-refractivity contribution in [2.45, 2.75) is 80.1 Å². The second-order valence-corrected chi connectivity index (χ2v) is 13.9. The van der Waals surface area contributed by atoms with Crippen molar-refractivity contribution in [2.24, 2.45) is 0 Å². The average Bonchev–Trinajstić information content (AvgIpc) is 2.88. The van der Waals surface area contributed by atoms with E-state index in [1.54, 1.807) is 14.2 Å². The van der Waals surface area contributed by atoms with Crippen molar-refractivity contribution in [1.82, 2.24) is 0 Å². The summed E-state index contributed by atoms with van der Waals surface area (Å²) in [4.78, 5) is 0.